The lowest BCUT2D eigenvalue weighted by molar-refractivity contribution is 0.103. The van der Waals surface area contributed by atoms with Gasteiger partial charge in [0.05, 0.1) is 9.88 Å². The van der Waals surface area contributed by atoms with Crippen LogP contribution in [0.5, 0.6) is 0 Å². The summed E-state index contributed by atoms with van der Waals surface area (Å²) in [5.41, 5.74) is 2.60. The van der Waals surface area contributed by atoms with E-state index >= 15 is 0 Å². The van der Waals surface area contributed by atoms with Crippen molar-refractivity contribution in [3.8, 4) is 0 Å². The Morgan fingerprint density at radius 1 is 0.815 bits per heavy atom. The monoisotopic (exact) mass is 379 g/mol. The minimum atomic E-state index is -0.347. The van der Waals surface area contributed by atoms with E-state index in [-0.39, 0.29) is 11.9 Å². The van der Waals surface area contributed by atoms with Crippen molar-refractivity contribution >= 4 is 39.7 Å². The number of urea groups is 1. The lowest BCUT2D eigenvalue weighted by Crippen LogP contribution is -2.18. The zero-order valence-corrected chi connectivity index (χ0v) is 16.0. The fourth-order valence-corrected chi connectivity index (χ4v) is 3.42. The molecule has 3 aromatic rings. The lowest BCUT2D eigenvalue weighted by Gasteiger charge is -2.13. The van der Waals surface area contributed by atoms with E-state index in [9.17, 15) is 9.59 Å². The fourth-order valence-electron chi connectivity index (χ4n) is 2.62. The van der Waals surface area contributed by atoms with Gasteiger partial charge < -0.3 is 10.6 Å². The molecule has 0 spiro atoms. The van der Waals surface area contributed by atoms with Crippen molar-refractivity contribution in [2.75, 3.05) is 16.0 Å². The van der Waals surface area contributed by atoms with Gasteiger partial charge in [-0.25, -0.2) is 4.79 Å². The van der Waals surface area contributed by atoms with Crippen LogP contribution in [0.2, 0.25) is 0 Å². The number of para-hydroxylation sites is 2. The van der Waals surface area contributed by atoms with Crippen molar-refractivity contribution in [2.45, 2.75) is 19.8 Å². The van der Waals surface area contributed by atoms with E-state index in [1.165, 1.54) is 11.3 Å². The Kier molecular flexibility index (Phi) is 5.88. The van der Waals surface area contributed by atoms with Gasteiger partial charge in [-0.3, -0.25) is 10.1 Å². The summed E-state index contributed by atoms with van der Waals surface area (Å²) >= 11 is 1.23. The quantitative estimate of drug-likeness (QED) is 0.527. The minimum absolute atomic E-state index is 0.190. The molecule has 0 bridgehead atoms. The SMILES string of the molecule is CC(C)c1ccccc1NC(=O)c1ccc(NC(=O)Nc2ccccc2)s1. The Morgan fingerprint density at radius 3 is 2.26 bits per heavy atom. The number of nitrogens with one attached hydrogen (secondary N) is 3. The van der Waals surface area contributed by atoms with E-state index < -0.39 is 0 Å². The third kappa shape index (κ3) is 4.95. The van der Waals surface area contributed by atoms with Crippen LogP contribution in [0.1, 0.15) is 35.0 Å². The van der Waals surface area contributed by atoms with Crippen LogP contribution in [-0.2, 0) is 0 Å². The Balaban J connectivity index is 1.63. The molecule has 1 heterocycles. The normalized spacial score (nSPS) is 10.5. The summed E-state index contributed by atoms with van der Waals surface area (Å²) in [4.78, 5) is 25.1. The average molecular weight is 379 g/mol. The van der Waals surface area contributed by atoms with Crippen LogP contribution < -0.4 is 16.0 Å². The van der Waals surface area contributed by atoms with Crippen molar-refractivity contribution < 1.29 is 9.59 Å². The number of rotatable bonds is 5. The van der Waals surface area contributed by atoms with Crippen LogP contribution in [0, 0.1) is 0 Å². The number of carbonyl (C=O) groups excluding carboxylic acids is 2. The van der Waals surface area contributed by atoms with Crippen molar-refractivity contribution in [1.29, 1.82) is 0 Å². The number of amides is 3. The minimum Gasteiger partial charge on any atom is -0.321 e. The number of thiophene rings is 1. The number of anilines is 3. The predicted molar refractivity (Wildman–Crippen MR) is 112 cm³/mol. The highest BCUT2D eigenvalue weighted by atomic mass is 32.1. The van der Waals surface area contributed by atoms with Gasteiger partial charge in [0.15, 0.2) is 0 Å². The third-order valence-corrected chi connectivity index (χ3v) is 4.93. The van der Waals surface area contributed by atoms with Crippen molar-refractivity contribution in [2.24, 2.45) is 0 Å². The molecule has 0 aliphatic heterocycles. The molecule has 0 aliphatic carbocycles. The Morgan fingerprint density at radius 2 is 1.52 bits per heavy atom. The first-order valence-electron chi connectivity index (χ1n) is 8.66. The van der Waals surface area contributed by atoms with Crippen LogP contribution in [0.25, 0.3) is 0 Å². The van der Waals surface area contributed by atoms with Crippen molar-refractivity contribution in [3.63, 3.8) is 0 Å². The van der Waals surface area contributed by atoms with Gasteiger partial charge in [-0.2, -0.15) is 0 Å². The largest absolute Gasteiger partial charge is 0.324 e. The van der Waals surface area contributed by atoms with Crippen LogP contribution >= 0.6 is 11.3 Å². The highest BCUT2D eigenvalue weighted by molar-refractivity contribution is 7.18. The van der Waals surface area contributed by atoms with E-state index in [0.29, 0.717) is 21.5 Å². The predicted octanol–water partition coefficient (Wildman–Crippen LogP) is 5.77. The highest BCUT2D eigenvalue weighted by Crippen LogP contribution is 2.27. The first-order chi connectivity index (χ1) is 13.0. The Bertz CT molecular complexity index is 935. The first kappa shape index (κ1) is 18.7. The highest BCUT2D eigenvalue weighted by Gasteiger charge is 2.14. The summed E-state index contributed by atoms with van der Waals surface area (Å²) in [5.74, 6) is 0.119. The average Bonchev–Trinajstić information content (AvgIpc) is 3.11. The molecule has 5 nitrogen and oxygen atoms in total. The van der Waals surface area contributed by atoms with Gasteiger partial charge in [-0.15, -0.1) is 11.3 Å². The molecule has 138 valence electrons. The van der Waals surface area contributed by atoms with Gasteiger partial charge in [0.1, 0.15) is 0 Å². The Hall–Kier alpha value is -3.12. The van der Waals surface area contributed by atoms with Crippen LogP contribution in [0.4, 0.5) is 21.2 Å². The molecule has 0 radical (unpaired) electrons. The zero-order valence-electron chi connectivity index (χ0n) is 15.2. The number of benzene rings is 2. The molecule has 0 unspecified atom stereocenters. The molecule has 1 aromatic heterocycles. The van der Waals surface area contributed by atoms with Gasteiger partial charge in [0, 0.05) is 11.4 Å². The fraction of sp³-hybridized carbons (Fsp3) is 0.143. The van der Waals surface area contributed by atoms with Crippen LogP contribution in [0.3, 0.4) is 0 Å². The molecular weight excluding hydrogens is 358 g/mol. The van der Waals surface area contributed by atoms with Crippen LogP contribution in [0.15, 0.2) is 66.7 Å². The number of hydrogen-bond acceptors (Lipinski definition) is 3. The maximum absolute atomic E-state index is 12.6. The summed E-state index contributed by atoms with van der Waals surface area (Å²) in [5, 5.41) is 9.05. The van der Waals surface area contributed by atoms with Gasteiger partial charge in [-0.05, 0) is 41.8 Å². The maximum Gasteiger partial charge on any atom is 0.324 e. The molecule has 0 saturated heterocycles. The number of hydrogen-bond donors (Lipinski definition) is 3. The molecule has 0 aliphatic rings. The smallest absolute Gasteiger partial charge is 0.321 e. The van der Waals surface area contributed by atoms with Gasteiger partial charge in [0.25, 0.3) is 5.91 Å². The first-order valence-corrected chi connectivity index (χ1v) is 9.48. The maximum atomic E-state index is 12.6. The lowest BCUT2D eigenvalue weighted by atomic mass is 10.0. The van der Waals surface area contributed by atoms with E-state index in [1.807, 2.05) is 42.5 Å². The van der Waals surface area contributed by atoms with Crippen molar-refractivity contribution in [3.05, 3.63) is 77.2 Å². The van der Waals surface area contributed by atoms with Crippen LogP contribution in [-0.4, -0.2) is 11.9 Å². The molecule has 3 amide bonds. The second-order valence-corrected chi connectivity index (χ2v) is 7.39. The second-order valence-electron chi connectivity index (χ2n) is 6.31. The van der Waals surface area contributed by atoms with E-state index in [1.54, 1.807) is 24.3 Å². The molecule has 27 heavy (non-hydrogen) atoms. The molecule has 0 fully saturated rings. The summed E-state index contributed by atoms with van der Waals surface area (Å²) in [7, 11) is 0. The summed E-state index contributed by atoms with van der Waals surface area (Å²) in [6, 6.07) is 20.0. The Labute approximate surface area is 162 Å². The molecule has 6 heteroatoms. The zero-order chi connectivity index (χ0) is 19.2. The summed E-state index contributed by atoms with van der Waals surface area (Å²) in [6.07, 6.45) is 0. The van der Waals surface area contributed by atoms with Gasteiger partial charge in [-0.1, -0.05) is 50.2 Å². The summed E-state index contributed by atoms with van der Waals surface area (Å²) < 4.78 is 0. The van der Waals surface area contributed by atoms with E-state index in [0.717, 1.165) is 11.3 Å². The second kappa shape index (κ2) is 8.51. The molecule has 2 aromatic carbocycles. The molecule has 0 atom stereocenters. The molecule has 3 rings (SSSR count). The van der Waals surface area contributed by atoms with Gasteiger partial charge >= 0.3 is 6.03 Å². The number of carbonyl (C=O) groups is 2. The third-order valence-electron chi connectivity index (χ3n) is 3.93. The molecular formula is C21H21N3O2S. The molecule has 3 N–H and O–H groups in total. The van der Waals surface area contributed by atoms with Gasteiger partial charge in [0.2, 0.25) is 0 Å². The molecule has 0 saturated carbocycles. The van der Waals surface area contributed by atoms with Crippen molar-refractivity contribution in [1.82, 2.24) is 0 Å². The summed E-state index contributed by atoms with van der Waals surface area (Å²) in [6.45, 7) is 4.17. The standard InChI is InChI=1S/C21H21N3O2S/c1-14(2)16-10-6-7-11-17(16)23-20(25)18-12-13-19(27-18)24-21(26)22-15-8-4-3-5-9-15/h3-14H,1-2H3,(H,23,25)(H2,22,24,26). The van der Waals surface area contributed by atoms with E-state index in [2.05, 4.69) is 29.8 Å². The topological polar surface area (TPSA) is 70.2 Å². The van der Waals surface area contributed by atoms with E-state index in [4.69, 9.17) is 0 Å².